The number of dihydropyridines is 1. The first-order chi connectivity index (χ1) is 15.3. The molecule has 0 aromatic heterocycles. The molecule has 6 nitrogen and oxygen atoms in total. The monoisotopic (exact) mass is 458 g/mol. The Balaban J connectivity index is 1.65. The number of carbonyl (C=O) groups excluding carboxylic acids is 2. The number of allylic oxidation sites excluding steroid dienone is 1. The molecule has 2 atom stereocenters. The lowest BCUT2D eigenvalue weighted by Crippen LogP contribution is -2.43. The average molecular weight is 459 g/mol. The van der Waals surface area contributed by atoms with Crippen molar-refractivity contribution in [1.29, 1.82) is 0 Å². The SMILES string of the molecule is CC1=CC(C)=NC(=O)C1CN1CCc2c(C)cc(C(CO)C3CCOCC3)c(Cl)c2C1=O. The van der Waals surface area contributed by atoms with Gasteiger partial charge in [-0.15, -0.1) is 0 Å². The number of aryl methyl sites for hydroxylation is 1. The highest BCUT2D eigenvalue weighted by Gasteiger charge is 2.35. The first kappa shape index (κ1) is 23.1. The second-order valence-corrected chi connectivity index (χ2v) is 9.60. The number of nitrogens with zero attached hydrogens (tertiary/aromatic N) is 2. The molecule has 3 aliphatic rings. The largest absolute Gasteiger partial charge is 0.396 e. The van der Waals surface area contributed by atoms with E-state index < -0.39 is 5.92 Å². The van der Waals surface area contributed by atoms with Crippen molar-refractivity contribution in [2.75, 3.05) is 32.9 Å². The number of aliphatic imine (C=N–C) groups is 1. The molecule has 2 amide bonds. The van der Waals surface area contributed by atoms with E-state index in [0.717, 1.165) is 35.1 Å². The number of aliphatic hydroxyl groups is 1. The van der Waals surface area contributed by atoms with Crippen molar-refractivity contribution in [3.8, 4) is 0 Å². The number of amides is 2. The molecule has 1 saturated heterocycles. The van der Waals surface area contributed by atoms with Crippen molar-refractivity contribution in [2.45, 2.75) is 46.0 Å². The molecule has 0 bridgehead atoms. The van der Waals surface area contributed by atoms with Crippen molar-refractivity contribution >= 4 is 29.1 Å². The van der Waals surface area contributed by atoms with Crippen LogP contribution >= 0.6 is 11.6 Å². The third-order valence-electron chi connectivity index (χ3n) is 7.16. The number of aliphatic hydroxyl groups excluding tert-OH is 1. The van der Waals surface area contributed by atoms with Gasteiger partial charge in [0, 0.05) is 37.9 Å². The summed E-state index contributed by atoms with van der Waals surface area (Å²) in [7, 11) is 0. The van der Waals surface area contributed by atoms with Crippen LogP contribution < -0.4 is 0 Å². The number of benzene rings is 1. The van der Waals surface area contributed by atoms with E-state index in [4.69, 9.17) is 16.3 Å². The van der Waals surface area contributed by atoms with Crippen molar-refractivity contribution in [2.24, 2.45) is 16.8 Å². The molecule has 1 aromatic rings. The molecule has 1 aromatic carbocycles. The Kier molecular flexibility index (Phi) is 6.84. The number of hydrogen-bond acceptors (Lipinski definition) is 4. The lowest BCUT2D eigenvalue weighted by Gasteiger charge is -2.35. The summed E-state index contributed by atoms with van der Waals surface area (Å²) in [6.07, 6.45) is 4.34. The van der Waals surface area contributed by atoms with Crippen LogP contribution in [0.1, 0.15) is 59.7 Å². The fourth-order valence-electron chi connectivity index (χ4n) is 5.32. The van der Waals surface area contributed by atoms with Crippen molar-refractivity contribution in [3.05, 3.63) is 45.0 Å². The average Bonchev–Trinajstić information content (AvgIpc) is 2.76. The first-order valence-electron chi connectivity index (χ1n) is 11.4. The van der Waals surface area contributed by atoms with Crippen LogP contribution in [0.2, 0.25) is 5.02 Å². The molecule has 7 heteroatoms. The lowest BCUT2D eigenvalue weighted by molar-refractivity contribution is -0.120. The molecule has 2 unspecified atom stereocenters. The highest BCUT2D eigenvalue weighted by molar-refractivity contribution is 6.35. The molecule has 3 heterocycles. The van der Waals surface area contributed by atoms with Crippen LogP contribution in [0, 0.1) is 18.8 Å². The number of rotatable bonds is 5. The predicted molar refractivity (Wildman–Crippen MR) is 125 cm³/mol. The molecule has 1 fully saturated rings. The fraction of sp³-hybridized carbons (Fsp3) is 0.560. The maximum atomic E-state index is 13.6. The van der Waals surface area contributed by atoms with E-state index in [2.05, 4.69) is 11.1 Å². The van der Waals surface area contributed by atoms with E-state index in [1.165, 1.54) is 0 Å². The molecule has 32 heavy (non-hydrogen) atoms. The predicted octanol–water partition coefficient (Wildman–Crippen LogP) is 3.71. The van der Waals surface area contributed by atoms with Gasteiger partial charge in [-0.3, -0.25) is 9.59 Å². The van der Waals surface area contributed by atoms with E-state index in [1.807, 2.05) is 19.9 Å². The molecule has 172 valence electrons. The van der Waals surface area contributed by atoms with Crippen LogP contribution in [0.3, 0.4) is 0 Å². The zero-order valence-corrected chi connectivity index (χ0v) is 19.7. The first-order valence-corrected chi connectivity index (χ1v) is 11.8. The summed E-state index contributed by atoms with van der Waals surface area (Å²) in [6, 6.07) is 2.05. The summed E-state index contributed by atoms with van der Waals surface area (Å²) in [5.74, 6) is -0.610. The van der Waals surface area contributed by atoms with Crippen LogP contribution in [0.4, 0.5) is 0 Å². The maximum absolute atomic E-state index is 13.6. The van der Waals surface area contributed by atoms with Crippen LogP contribution in [-0.4, -0.2) is 60.4 Å². The second-order valence-electron chi connectivity index (χ2n) is 9.22. The summed E-state index contributed by atoms with van der Waals surface area (Å²) < 4.78 is 5.49. The highest BCUT2D eigenvalue weighted by atomic mass is 35.5. The Labute approximate surface area is 194 Å². The molecule has 1 N–H and O–H groups in total. The molecule has 0 radical (unpaired) electrons. The van der Waals surface area contributed by atoms with Gasteiger partial charge < -0.3 is 14.7 Å². The normalized spacial score (nSPS) is 23.0. The number of hydrogen-bond donors (Lipinski definition) is 1. The van der Waals surface area contributed by atoms with Gasteiger partial charge in [-0.25, -0.2) is 4.99 Å². The summed E-state index contributed by atoms with van der Waals surface area (Å²) >= 11 is 6.88. The van der Waals surface area contributed by atoms with Crippen LogP contribution in [0.25, 0.3) is 0 Å². The minimum Gasteiger partial charge on any atom is -0.396 e. The van der Waals surface area contributed by atoms with Crippen molar-refractivity contribution < 1.29 is 19.4 Å². The number of ether oxygens (including phenoxy) is 1. The second kappa shape index (κ2) is 9.46. The Morgan fingerprint density at radius 2 is 1.97 bits per heavy atom. The number of halogens is 1. The lowest BCUT2D eigenvalue weighted by atomic mass is 9.79. The van der Waals surface area contributed by atoms with Gasteiger partial charge in [0.1, 0.15) is 0 Å². The van der Waals surface area contributed by atoms with Gasteiger partial charge in [-0.05, 0) is 68.7 Å². The van der Waals surface area contributed by atoms with E-state index in [9.17, 15) is 14.7 Å². The molecule has 0 aliphatic carbocycles. The minimum absolute atomic E-state index is 0.0154. The van der Waals surface area contributed by atoms with E-state index in [0.29, 0.717) is 49.0 Å². The van der Waals surface area contributed by atoms with Crippen LogP contribution in [-0.2, 0) is 16.0 Å². The summed E-state index contributed by atoms with van der Waals surface area (Å²) in [5, 5.41) is 10.7. The Hall–Kier alpha value is -2.02. The van der Waals surface area contributed by atoms with Gasteiger partial charge in [-0.2, -0.15) is 0 Å². The van der Waals surface area contributed by atoms with E-state index in [1.54, 1.807) is 11.8 Å². The van der Waals surface area contributed by atoms with Gasteiger partial charge in [0.2, 0.25) is 0 Å². The number of fused-ring (bicyclic) bond motifs is 1. The molecular weight excluding hydrogens is 428 g/mol. The Bertz CT molecular complexity index is 994. The van der Waals surface area contributed by atoms with E-state index in [-0.39, 0.29) is 30.3 Å². The highest BCUT2D eigenvalue weighted by Crippen LogP contribution is 2.40. The minimum atomic E-state index is -0.417. The maximum Gasteiger partial charge on any atom is 0.255 e. The van der Waals surface area contributed by atoms with Crippen molar-refractivity contribution in [1.82, 2.24) is 4.90 Å². The fourth-order valence-corrected chi connectivity index (χ4v) is 5.71. The standard InChI is InChI=1S/C25H31ClN2O4/c1-14-10-16(3)27-24(30)20(14)12-28-7-4-18-15(2)11-19(23(26)22(18)25(28)31)21(13-29)17-5-8-32-9-6-17/h10-11,17,20-21,29H,4-9,12-13H2,1-3H3. The molecule has 0 spiro atoms. The summed E-state index contributed by atoms with van der Waals surface area (Å²) in [6.45, 7) is 7.93. The topological polar surface area (TPSA) is 79.2 Å². The summed E-state index contributed by atoms with van der Waals surface area (Å²) in [4.78, 5) is 31.9. The Morgan fingerprint density at radius 1 is 1.25 bits per heavy atom. The number of carbonyl (C=O) groups is 2. The van der Waals surface area contributed by atoms with E-state index >= 15 is 0 Å². The third kappa shape index (κ3) is 4.28. The Morgan fingerprint density at radius 3 is 2.62 bits per heavy atom. The molecule has 3 aliphatic heterocycles. The zero-order valence-electron chi connectivity index (χ0n) is 19.0. The molecule has 0 saturated carbocycles. The van der Waals surface area contributed by atoms with Crippen molar-refractivity contribution in [3.63, 3.8) is 0 Å². The van der Waals surface area contributed by atoms with Crippen LogP contribution in [0.5, 0.6) is 0 Å². The smallest absolute Gasteiger partial charge is 0.255 e. The van der Waals surface area contributed by atoms with Gasteiger partial charge in [0.15, 0.2) is 0 Å². The summed E-state index contributed by atoms with van der Waals surface area (Å²) in [5.41, 5.74) is 5.01. The molecular formula is C25H31ClN2O4. The quantitative estimate of drug-likeness (QED) is 0.729. The van der Waals surface area contributed by atoms with Crippen LogP contribution in [0.15, 0.2) is 22.7 Å². The van der Waals surface area contributed by atoms with Gasteiger partial charge in [0.05, 0.1) is 23.1 Å². The van der Waals surface area contributed by atoms with Gasteiger partial charge in [0.25, 0.3) is 11.8 Å². The van der Waals surface area contributed by atoms with Gasteiger partial charge in [-0.1, -0.05) is 23.2 Å². The van der Waals surface area contributed by atoms with Gasteiger partial charge >= 0.3 is 0 Å². The zero-order chi connectivity index (χ0) is 23.0. The third-order valence-corrected chi connectivity index (χ3v) is 7.57. The molecule has 4 rings (SSSR count).